The van der Waals surface area contributed by atoms with E-state index < -0.39 is 0 Å². The Morgan fingerprint density at radius 3 is 2.56 bits per heavy atom. The maximum atomic E-state index is 13.0. The minimum Gasteiger partial charge on any atom is -0.497 e. The van der Waals surface area contributed by atoms with E-state index in [4.69, 9.17) is 14.2 Å². The SMILES string of the molecule is COc1ccc(NC2=CC(=O)c3c(OCCCCN4CCOCC4)cccc3C2=O)cc1. The van der Waals surface area contributed by atoms with E-state index >= 15 is 0 Å². The molecule has 4 rings (SSSR count). The van der Waals surface area contributed by atoms with Gasteiger partial charge in [-0.2, -0.15) is 0 Å². The monoisotopic (exact) mass is 436 g/mol. The molecular weight excluding hydrogens is 408 g/mol. The number of unbranched alkanes of at least 4 members (excludes halogenated alkanes) is 1. The molecule has 0 unspecified atom stereocenters. The highest BCUT2D eigenvalue weighted by Crippen LogP contribution is 2.30. The number of benzene rings is 2. The van der Waals surface area contributed by atoms with Crippen LogP contribution < -0.4 is 14.8 Å². The van der Waals surface area contributed by atoms with Gasteiger partial charge in [-0.3, -0.25) is 14.5 Å². The summed E-state index contributed by atoms with van der Waals surface area (Å²) < 4.78 is 16.4. The largest absolute Gasteiger partial charge is 0.497 e. The number of allylic oxidation sites excluding steroid dienone is 2. The first-order valence-corrected chi connectivity index (χ1v) is 10.9. The Hall–Kier alpha value is -3.16. The first kappa shape index (κ1) is 22.0. The van der Waals surface area contributed by atoms with Crippen LogP contribution in [0.1, 0.15) is 33.6 Å². The second kappa shape index (κ2) is 10.4. The number of anilines is 1. The minimum absolute atomic E-state index is 0.229. The lowest BCUT2D eigenvalue weighted by molar-refractivity contribution is 0.0368. The summed E-state index contributed by atoms with van der Waals surface area (Å²) in [5.74, 6) is 0.715. The van der Waals surface area contributed by atoms with Crippen molar-refractivity contribution in [1.82, 2.24) is 4.90 Å². The van der Waals surface area contributed by atoms with Crippen molar-refractivity contribution in [2.45, 2.75) is 12.8 Å². The summed E-state index contributed by atoms with van der Waals surface area (Å²) in [6, 6.07) is 12.3. The van der Waals surface area contributed by atoms with Gasteiger partial charge in [0.15, 0.2) is 5.78 Å². The highest BCUT2D eigenvalue weighted by Gasteiger charge is 2.28. The maximum absolute atomic E-state index is 13.0. The van der Waals surface area contributed by atoms with Gasteiger partial charge in [-0.25, -0.2) is 0 Å². The van der Waals surface area contributed by atoms with Gasteiger partial charge >= 0.3 is 0 Å². The van der Waals surface area contributed by atoms with Crippen LogP contribution in [0.15, 0.2) is 54.2 Å². The van der Waals surface area contributed by atoms with Gasteiger partial charge in [-0.05, 0) is 55.8 Å². The number of carbonyl (C=O) groups excluding carboxylic acids is 2. The zero-order valence-corrected chi connectivity index (χ0v) is 18.3. The normalized spacial score (nSPS) is 16.3. The highest BCUT2D eigenvalue weighted by atomic mass is 16.5. The van der Waals surface area contributed by atoms with Crippen LogP contribution in [-0.2, 0) is 4.74 Å². The zero-order chi connectivity index (χ0) is 22.3. The second-order valence-electron chi connectivity index (χ2n) is 7.79. The van der Waals surface area contributed by atoms with Crippen LogP contribution in [0, 0.1) is 0 Å². The van der Waals surface area contributed by atoms with Crippen molar-refractivity contribution in [1.29, 1.82) is 0 Å². The molecule has 1 aliphatic heterocycles. The topological polar surface area (TPSA) is 77.1 Å². The van der Waals surface area contributed by atoms with Crippen molar-refractivity contribution in [2.24, 2.45) is 0 Å². The fourth-order valence-electron chi connectivity index (χ4n) is 3.88. The predicted molar refractivity (Wildman–Crippen MR) is 122 cm³/mol. The number of nitrogens with one attached hydrogen (secondary N) is 1. The number of morpholine rings is 1. The van der Waals surface area contributed by atoms with Gasteiger partial charge in [0.25, 0.3) is 0 Å². The molecule has 0 aromatic heterocycles. The molecule has 0 saturated carbocycles. The minimum atomic E-state index is -0.237. The van der Waals surface area contributed by atoms with Crippen LogP contribution in [0.5, 0.6) is 11.5 Å². The van der Waals surface area contributed by atoms with Crippen LogP contribution in [0.3, 0.4) is 0 Å². The third-order valence-corrected chi connectivity index (χ3v) is 5.64. The Bertz CT molecular complexity index is 994. The molecule has 2 aliphatic rings. The van der Waals surface area contributed by atoms with E-state index in [2.05, 4.69) is 10.2 Å². The Morgan fingerprint density at radius 2 is 1.81 bits per heavy atom. The number of hydrogen-bond acceptors (Lipinski definition) is 7. The molecule has 0 spiro atoms. The Kier molecular flexibility index (Phi) is 7.19. The van der Waals surface area contributed by atoms with Gasteiger partial charge < -0.3 is 19.5 Å². The molecule has 2 aromatic rings. The molecule has 2 aromatic carbocycles. The van der Waals surface area contributed by atoms with Crippen molar-refractivity contribution in [3.63, 3.8) is 0 Å². The van der Waals surface area contributed by atoms with Gasteiger partial charge in [0.1, 0.15) is 11.5 Å². The fourth-order valence-corrected chi connectivity index (χ4v) is 3.88. The van der Waals surface area contributed by atoms with Gasteiger partial charge in [0, 0.05) is 30.4 Å². The molecule has 0 atom stereocenters. The van der Waals surface area contributed by atoms with Gasteiger partial charge in [-0.15, -0.1) is 0 Å². The van der Waals surface area contributed by atoms with Crippen molar-refractivity contribution in [2.75, 3.05) is 51.9 Å². The Labute approximate surface area is 188 Å². The smallest absolute Gasteiger partial charge is 0.210 e. The fraction of sp³-hybridized carbons (Fsp3) is 0.360. The van der Waals surface area contributed by atoms with Crippen LogP contribution in [0.2, 0.25) is 0 Å². The number of nitrogens with zero attached hydrogens (tertiary/aromatic N) is 1. The number of rotatable bonds is 9. The summed E-state index contributed by atoms with van der Waals surface area (Å²) in [5.41, 5.74) is 1.65. The number of Topliss-reactive ketones (excluding diaryl/α,β-unsaturated/α-hetero) is 1. The molecule has 1 fully saturated rings. The van der Waals surface area contributed by atoms with Crippen LogP contribution >= 0.6 is 0 Å². The number of methoxy groups -OCH3 is 1. The summed E-state index contributed by atoms with van der Waals surface area (Å²) in [5, 5.41) is 3.04. The van der Waals surface area contributed by atoms with Gasteiger partial charge in [0.05, 0.1) is 38.2 Å². The molecule has 7 heteroatoms. The van der Waals surface area contributed by atoms with E-state index in [-0.39, 0.29) is 17.3 Å². The van der Waals surface area contributed by atoms with Crippen LogP contribution in [-0.4, -0.2) is 63.0 Å². The summed E-state index contributed by atoms with van der Waals surface area (Å²) in [6.07, 6.45) is 3.24. The summed E-state index contributed by atoms with van der Waals surface area (Å²) in [7, 11) is 1.59. The highest BCUT2D eigenvalue weighted by molar-refractivity contribution is 6.26. The van der Waals surface area contributed by atoms with E-state index in [9.17, 15) is 9.59 Å². The lowest BCUT2D eigenvalue weighted by Crippen LogP contribution is -2.36. The van der Waals surface area contributed by atoms with Gasteiger partial charge in [-0.1, -0.05) is 6.07 Å². The Morgan fingerprint density at radius 1 is 1.03 bits per heavy atom. The Balaban J connectivity index is 1.37. The average molecular weight is 437 g/mol. The van der Waals surface area contributed by atoms with E-state index in [1.165, 1.54) is 6.08 Å². The molecule has 1 N–H and O–H groups in total. The predicted octanol–water partition coefficient (Wildman–Crippen LogP) is 3.56. The summed E-state index contributed by atoms with van der Waals surface area (Å²) in [4.78, 5) is 28.3. The molecule has 7 nitrogen and oxygen atoms in total. The van der Waals surface area contributed by atoms with E-state index in [0.717, 1.165) is 45.7 Å². The summed E-state index contributed by atoms with van der Waals surface area (Å²) in [6.45, 7) is 5.06. The average Bonchev–Trinajstić information content (AvgIpc) is 2.83. The third-order valence-electron chi connectivity index (χ3n) is 5.64. The van der Waals surface area contributed by atoms with E-state index in [0.29, 0.717) is 34.9 Å². The zero-order valence-electron chi connectivity index (χ0n) is 18.3. The molecule has 0 radical (unpaired) electrons. The number of ether oxygens (including phenoxy) is 3. The van der Waals surface area contributed by atoms with Crippen LogP contribution in [0.4, 0.5) is 5.69 Å². The molecule has 1 saturated heterocycles. The van der Waals surface area contributed by atoms with Crippen LogP contribution in [0.25, 0.3) is 0 Å². The molecule has 0 bridgehead atoms. The first-order chi connectivity index (χ1) is 15.7. The molecule has 0 amide bonds. The first-order valence-electron chi connectivity index (χ1n) is 10.9. The molecule has 32 heavy (non-hydrogen) atoms. The summed E-state index contributed by atoms with van der Waals surface area (Å²) >= 11 is 0. The molecular formula is C25H28N2O5. The second-order valence-corrected chi connectivity index (χ2v) is 7.79. The number of ketones is 2. The standard InChI is InChI=1S/C25H28N2O5/c1-30-19-9-7-18(8-10-19)26-21-17-22(28)24-20(25(21)29)5-4-6-23(24)32-14-3-2-11-27-12-15-31-16-13-27/h4-10,17,26H,2-3,11-16H2,1H3. The van der Waals surface area contributed by atoms with Crippen molar-refractivity contribution >= 4 is 17.3 Å². The maximum Gasteiger partial charge on any atom is 0.210 e. The number of fused-ring (bicyclic) bond motifs is 1. The van der Waals surface area contributed by atoms with Crippen molar-refractivity contribution in [3.8, 4) is 11.5 Å². The lowest BCUT2D eigenvalue weighted by atomic mass is 9.91. The molecule has 1 heterocycles. The quantitative estimate of drug-likeness (QED) is 0.602. The molecule has 1 aliphatic carbocycles. The van der Waals surface area contributed by atoms with E-state index in [1.807, 2.05) is 0 Å². The lowest BCUT2D eigenvalue weighted by Gasteiger charge is -2.26. The van der Waals surface area contributed by atoms with E-state index in [1.54, 1.807) is 49.6 Å². The van der Waals surface area contributed by atoms with Crippen molar-refractivity contribution in [3.05, 3.63) is 65.4 Å². The molecule has 168 valence electrons. The van der Waals surface area contributed by atoms with Gasteiger partial charge in [0.2, 0.25) is 5.78 Å². The third kappa shape index (κ3) is 5.18. The van der Waals surface area contributed by atoms with Crippen molar-refractivity contribution < 1.29 is 23.8 Å². The number of carbonyl (C=O) groups is 2. The number of hydrogen-bond donors (Lipinski definition) is 1.